The normalized spacial score (nSPS) is 15.7. The fourth-order valence-corrected chi connectivity index (χ4v) is 5.80. The molecule has 0 N–H and O–H groups in total. The number of halogens is 1. The molecule has 1 aromatic carbocycles. The maximum Gasteiger partial charge on any atom is 0.171 e. The summed E-state index contributed by atoms with van der Waals surface area (Å²) in [4.78, 5) is 0. The van der Waals surface area contributed by atoms with Crippen LogP contribution in [0.5, 0.6) is 0 Å². The van der Waals surface area contributed by atoms with Gasteiger partial charge in [-0.3, -0.25) is 0 Å². The molecule has 2 atom stereocenters. The first-order chi connectivity index (χ1) is 11.2. The van der Waals surface area contributed by atoms with Crippen molar-refractivity contribution in [2.75, 3.05) is 0 Å². The lowest BCUT2D eigenvalue weighted by Gasteiger charge is -2.36. The van der Waals surface area contributed by atoms with Crippen LogP contribution < -0.4 is 0 Å². The molecule has 0 spiro atoms. The van der Waals surface area contributed by atoms with Gasteiger partial charge in [-0.2, -0.15) is 0 Å². The minimum Gasteiger partial charge on any atom is -0.413 e. The van der Waals surface area contributed by atoms with Crippen molar-refractivity contribution in [3.8, 4) is 0 Å². The Hall–Kier alpha value is 0.0538. The van der Waals surface area contributed by atoms with E-state index in [9.17, 15) is 0 Å². The maximum atomic E-state index is 6.44. The molecule has 1 aromatic rings. The molecule has 0 saturated heterocycles. The Kier molecular flexibility index (Phi) is 8.16. The molecule has 2 nitrogen and oxygen atoms in total. The van der Waals surface area contributed by atoms with Crippen molar-refractivity contribution < 1.29 is 8.85 Å². The third-order valence-electron chi connectivity index (χ3n) is 3.94. The van der Waals surface area contributed by atoms with E-state index in [0.29, 0.717) is 0 Å². The molecular weight excluding hydrogens is 408 g/mol. The van der Waals surface area contributed by atoms with Crippen molar-refractivity contribution in [3.63, 3.8) is 0 Å². The van der Waals surface area contributed by atoms with Crippen molar-refractivity contribution >= 4 is 34.0 Å². The quantitative estimate of drug-likeness (QED) is 0.458. The summed E-state index contributed by atoms with van der Waals surface area (Å²) in [6, 6.07) is 6.73. The van der Waals surface area contributed by atoms with Gasteiger partial charge in [-0.1, -0.05) is 63.5 Å². The Labute approximate surface area is 167 Å². The van der Waals surface area contributed by atoms with Crippen molar-refractivity contribution in [2.45, 2.75) is 79.9 Å². The third kappa shape index (κ3) is 7.29. The predicted molar refractivity (Wildman–Crippen MR) is 118 cm³/mol. The highest BCUT2D eigenvalue weighted by molar-refractivity contribution is 9.10. The molecular formula is C20H37BrO2Si2. The molecule has 25 heavy (non-hydrogen) atoms. The smallest absolute Gasteiger partial charge is 0.171 e. The summed E-state index contributed by atoms with van der Waals surface area (Å²) in [6.45, 7) is 22.5. The summed E-state index contributed by atoms with van der Waals surface area (Å²) in [5, 5.41) is 0. The van der Waals surface area contributed by atoms with Gasteiger partial charge in [0.05, 0.1) is 12.2 Å². The molecule has 0 aliphatic carbocycles. The molecule has 0 aliphatic rings. The topological polar surface area (TPSA) is 18.5 Å². The molecule has 0 heterocycles. The summed E-state index contributed by atoms with van der Waals surface area (Å²) in [5.74, 6) is 0. The van der Waals surface area contributed by atoms with Crippen molar-refractivity contribution in [1.82, 2.24) is 0 Å². The molecule has 0 radical (unpaired) electrons. The van der Waals surface area contributed by atoms with Crippen LogP contribution in [0, 0.1) is 10.8 Å². The van der Waals surface area contributed by atoms with E-state index in [4.69, 9.17) is 8.85 Å². The number of rotatable bonds is 6. The number of hydrogen-bond donors (Lipinski definition) is 0. The second kappa shape index (κ2) is 8.83. The number of hydrogen-bond acceptors (Lipinski definition) is 2. The van der Waals surface area contributed by atoms with Crippen LogP contribution in [0.4, 0.5) is 0 Å². The van der Waals surface area contributed by atoms with Crippen LogP contribution in [0.25, 0.3) is 0 Å². The lowest BCUT2D eigenvalue weighted by molar-refractivity contribution is 0.0805. The summed E-state index contributed by atoms with van der Waals surface area (Å²) < 4.78 is 14.0. The minimum absolute atomic E-state index is 0.0558. The van der Waals surface area contributed by atoms with Crippen LogP contribution >= 0.6 is 15.9 Å². The van der Waals surface area contributed by atoms with Crippen LogP contribution in [0.15, 0.2) is 22.7 Å². The van der Waals surface area contributed by atoms with E-state index in [0.717, 1.165) is 4.47 Å². The second-order valence-corrected chi connectivity index (χ2v) is 15.3. The van der Waals surface area contributed by atoms with Crippen molar-refractivity contribution in [3.05, 3.63) is 33.8 Å². The van der Waals surface area contributed by atoms with Gasteiger partial charge in [0.15, 0.2) is 18.1 Å². The largest absolute Gasteiger partial charge is 0.413 e. The zero-order chi connectivity index (χ0) is 19.6. The molecule has 0 amide bonds. The highest BCUT2D eigenvalue weighted by Gasteiger charge is 2.32. The average Bonchev–Trinajstić information content (AvgIpc) is 2.38. The van der Waals surface area contributed by atoms with Gasteiger partial charge in [-0.15, -0.1) is 0 Å². The van der Waals surface area contributed by atoms with Gasteiger partial charge in [-0.05, 0) is 60.3 Å². The highest BCUT2D eigenvalue weighted by Crippen LogP contribution is 2.42. The second-order valence-electron chi connectivity index (χ2n) is 9.68. The molecule has 0 aliphatic heterocycles. The molecule has 0 bridgehead atoms. The van der Waals surface area contributed by atoms with E-state index in [1.54, 1.807) is 0 Å². The van der Waals surface area contributed by atoms with Gasteiger partial charge in [0.1, 0.15) is 0 Å². The summed E-state index contributed by atoms with van der Waals surface area (Å²) in [5.41, 5.74) is 2.61. The lowest BCUT2D eigenvalue weighted by atomic mass is 9.81. The molecule has 2 unspecified atom stereocenters. The lowest BCUT2D eigenvalue weighted by Crippen LogP contribution is -2.28. The fourth-order valence-electron chi connectivity index (χ4n) is 3.05. The zero-order valence-electron chi connectivity index (χ0n) is 17.7. The summed E-state index contributed by atoms with van der Waals surface area (Å²) in [7, 11) is -2.30. The van der Waals surface area contributed by atoms with E-state index in [-0.39, 0.29) is 23.0 Å². The van der Waals surface area contributed by atoms with Crippen LogP contribution in [-0.4, -0.2) is 18.1 Å². The van der Waals surface area contributed by atoms with Gasteiger partial charge in [0, 0.05) is 4.47 Å². The Morgan fingerprint density at radius 1 is 0.720 bits per heavy atom. The van der Waals surface area contributed by atoms with E-state index >= 15 is 0 Å². The Bertz CT molecular complexity index is 514. The summed E-state index contributed by atoms with van der Waals surface area (Å²) in [6.07, 6.45) is 0.208. The monoisotopic (exact) mass is 444 g/mol. The van der Waals surface area contributed by atoms with Crippen molar-refractivity contribution in [1.29, 1.82) is 0 Å². The standard InChI is InChI=1S/C20H37BrO2Si2/c1-19(2,3)17(22-24(7)8)14-11-15(13-16(21)12-14)18(20(4,5)6)23-25(9)10/h11-13,17-18,24-25H,1-10H3. The van der Waals surface area contributed by atoms with Crippen LogP contribution in [0.1, 0.15) is 64.9 Å². The van der Waals surface area contributed by atoms with E-state index in [1.165, 1.54) is 11.1 Å². The van der Waals surface area contributed by atoms with Crippen molar-refractivity contribution in [2.24, 2.45) is 10.8 Å². The highest BCUT2D eigenvalue weighted by atomic mass is 79.9. The van der Waals surface area contributed by atoms with Gasteiger partial charge in [-0.25, -0.2) is 0 Å². The maximum absolute atomic E-state index is 6.44. The minimum atomic E-state index is -1.15. The molecule has 5 heteroatoms. The molecule has 0 aromatic heterocycles. The molecule has 0 saturated carbocycles. The first-order valence-electron chi connectivity index (χ1n) is 9.33. The number of benzene rings is 1. The third-order valence-corrected chi connectivity index (χ3v) is 6.03. The molecule has 0 fully saturated rings. The Morgan fingerprint density at radius 3 is 1.28 bits per heavy atom. The Balaban J connectivity index is 3.41. The predicted octanol–water partition coefficient (Wildman–Crippen LogP) is 6.62. The zero-order valence-corrected chi connectivity index (χ0v) is 21.6. The first-order valence-corrected chi connectivity index (χ1v) is 15.7. The average molecular weight is 446 g/mol. The van der Waals surface area contributed by atoms with Crippen LogP contribution in [0.2, 0.25) is 26.2 Å². The fraction of sp³-hybridized carbons (Fsp3) is 0.700. The van der Waals surface area contributed by atoms with Crippen LogP contribution in [0.3, 0.4) is 0 Å². The molecule has 1 rings (SSSR count). The SMILES string of the molecule is C[SiH](C)OC(c1cc(Br)cc(C(O[SiH](C)C)C(C)(C)C)c1)C(C)(C)C. The van der Waals surface area contributed by atoms with Gasteiger partial charge in [0.25, 0.3) is 0 Å². The van der Waals surface area contributed by atoms with Gasteiger partial charge in [0.2, 0.25) is 0 Å². The van der Waals surface area contributed by atoms with Crippen LogP contribution in [-0.2, 0) is 8.85 Å². The Morgan fingerprint density at radius 2 is 1.04 bits per heavy atom. The molecule has 144 valence electrons. The van der Waals surface area contributed by atoms with E-state index in [2.05, 4.69) is 102 Å². The summed E-state index contributed by atoms with van der Waals surface area (Å²) >= 11 is 3.73. The van der Waals surface area contributed by atoms with Gasteiger partial charge < -0.3 is 8.85 Å². The first kappa shape index (κ1) is 23.1. The van der Waals surface area contributed by atoms with E-state index in [1.807, 2.05) is 0 Å². The van der Waals surface area contributed by atoms with Gasteiger partial charge >= 0.3 is 0 Å². The van der Waals surface area contributed by atoms with E-state index < -0.39 is 18.1 Å².